The fourth-order valence-corrected chi connectivity index (χ4v) is 4.71. The van der Waals surface area contributed by atoms with Gasteiger partial charge in [0.2, 0.25) is 5.91 Å². The number of benzene rings is 2. The molecule has 1 fully saturated rings. The largest absolute Gasteiger partial charge is 0.506 e. The molecule has 2 N–H and O–H groups in total. The van der Waals surface area contributed by atoms with E-state index in [1.807, 2.05) is 6.92 Å². The normalized spacial score (nSPS) is 15.0. The summed E-state index contributed by atoms with van der Waals surface area (Å²) >= 11 is 7.25. The number of rotatable bonds is 6. The van der Waals surface area contributed by atoms with E-state index in [1.165, 1.54) is 6.08 Å². The summed E-state index contributed by atoms with van der Waals surface area (Å²) in [6, 6.07) is 10.0. The van der Waals surface area contributed by atoms with Gasteiger partial charge in [0.05, 0.1) is 16.0 Å². The van der Waals surface area contributed by atoms with Gasteiger partial charge in [0.1, 0.15) is 18.0 Å². The molecule has 7 nitrogen and oxygen atoms in total. The zero-order chi connectivity index (χ0) is 21.8. The topological polar surface area (TPSA) is 95.9 Å². The number of nitrogens with one attached hydrogen (secondary N) is 1. The number of thioether (sulfide) groups is 1. The number of amides is 3. The number of halogens is 2. The number of hydrogen-bond donors (Lipinski definition) is 2. The van der Waals surface area contributed by atoms with Crippen molar-refractivity contribution in [1.82, 2.24) is 4.90 Å². The number of carbonyl (C=O) groups excluding carboxylic acids is 3. The SMILES string of the molecule is CCOc1ccc(NC(=O)CN2C(=O)S/C(=C\c3cc(Br)cc(Br)c3O)C2=O)cc1. The first-order chi connectivity index (χ1) is 14.3. The minimum Gasteiger partial charge on any atom is -0.506 e. The van der Waals surface area contributed by atoms with E-state index in [0.29, 0.717) is 44.3 Å². The number of imide groups is 1. The van der Waals surface area contributed by atoms with E-state index in [0.717, 1.165) is 4.90 Å². The fraction of sp³-hybridized carbons (Fsp3) is 0.150. The minimum absolute atomic E-state index is 0.0572. The molecule has 156 valence electrons. The van der Waals surface area contributed by atoms with Crippen molar-refractivity contribution >= 4 is 72.4 Å². The highest BCUT2D eigenvalue weighted by molar-refractivity contribution is 9.11. The summed E-state index contributed by atoms with van der Waals surface area (Å²) in [4.78, 5) is 38.2. The molecule has 30 heavy (non-hydrogen) atoms. The second-order valence-electron chi connectivity index (χ2n) is 6.10. The molecule has 2 aromatic rings. The molecule has 0 radical (unpaired) electrons. The Morgan fingerprint density at radius 2 is 1.93 bits per heavy atom. The maximum Gasteiger partial charge on any atom is 0.294 e. The van der Waals surface area contributed by atoms with Gasteiger partial charge >= 0.3 is 0 Å². The van der Waals surface area contributed by atoms with Crippen LogP contribution in [0.4, 0.5) is 10.5 Å². The van der Waals surface area contributed by atoms with E-state index in [-0.39, 0.29) is 10.7 Å². The van der Waals surface area contributed by atoms with Crippen LogP contribution in [-0.4, -0.2) is 40.2 Å². The van der Waals surface area contributed by atoms with Crippen molar-refractivity contribution in [3.05, 3.63) is 55.8 Å². The van der Waals surface area contributed by atoms with Crippen molar-refractivity contribution in [2.75, 3.05) is 18.5 Å². The predicted octanol–water partition coefficient (Wildman–Crippen LogP) is 4.99. The molecule has 0 saturated carbocycles. The first-order valence-corrected chi connectivity index (χ1v) is 11.1. The third-order valence-electron chi connectivity index (χ3n) is 3.97. The van der Waals surface area contributed by atoms with Gasteiger partial charge in [0, 0.05) is 15.7 Å². The molecular formula is C20H16Br2N2O5S. The third-order valence-corrected chi connectivity index (χ3v) is 5.94. The average Bonchev–Trinajstić information content (AvgIpc) is 2.95. The summed E-state index contributed by atoms with van der Waals surface area (Å²) in [7, 11) is 0. The number of nitrogens with zero attached hydrogens (tertiary/aromatic N) is 1. The van der Waals surface area contributed by atoms with Gasteiger partial charge in [0.15, 0.2) is 0 Å². The molecule has 0 unspecified atom stereocenters. The Morgan fingerprint density at radius 3 is 2.60 bits per heavy atom. The van der Waals surface area contributed by atoms with Crippen LogP contribution in [0.2, 0.25) is 0 Å². The Labute approximate surface area is 193 Å². The number of aromatic hydroxyl groups is 1. The van der Waals surface area contributed by atoms with Gasteiger partial charge in [0.25, 0.3) is 11.1 Å². The summed E-state index contributed by atoms with van der Waals surface area (Å²) in [6.45, 7) is 1.99. The zero-order valence-electron chi connectivity index (χ0n) is 15.6. The number of phenols is 1. The maximum atomic E-state index is 12.6. The Balaban J connectivity index is 1.70. The highest BCUT2D eigenvalue weighted by Gasteiger charge is 2.36. The zero-order valence-corrected chi connectivity index (χ0v) is 19.6. The first kappa shape index (κ1) is 22.4. The first-order valence-electron chi connectivity index (χ1n) is 8.74. The second kappa shape index (κ2) is 9.67. The summed E-state index contributed by atoms with van der Waals surface area (Å²) in [5.41, 5.74) is 0.885. The summed E-state index contributed by atoms with van der Waals surface area (Å²) < 4.78 is 6.47. The Hall–Kier alpha value is -2.30. The predicted molar refractivity (Wildman–Crippen MR) is 122 cm³/mol. The van der Waals surface area contributed by atoms with E-state index < -0.39 is 23.6 Å². The standard InChI is InChI=1S/C20H16Br2N2O5S/c1-2-29-14-5-3-13(4-6-14)23-17(25)10-24-19(27)16(30-20(24)28)8-11-7-12(21)9-15(22)18(11)26/h3-9,26H,2,10H2,1H3,(H,23,25)/b16-8-. The highest BCUT2D eigenvalue weighted by atomic mass is 79.9. The van der Waals surface area contributed by atoms with Crippen LogP contribution in [0, 0.1) is 0 Å². The van der Waals surface area contributed by atoms with Gasteiger partial charge in [-0.3, -0.25) is 19.3 Å². The van der Waals surface area contributed by atoms with Crippen molar-refractivity contribution in [2.24, 2.45) is 0 Å². The molecule has 0 aromatic heterocycles. The van der Waals surface area contributed by atoms with Crippen LogP contribution >= 0.6 is 43.6 Å². The lowest BCUT2D eigenvalue weighted by atomic mass is 10.2. The molecule has 0 aliphatic carbocycles. The minimum atomic E-state index is -0.595. The second-order valence-corrected chi connectivity index (χ2v) is 8.86. The lowest BCUT2D eigenvalue weighted by Crippen LogP contribution is -2.36. The van der Waals surface area contributed by atoms with E-state index in [1.54, 1.807) is 36.4 Å². The smallest absolute Gasteiger partial charge is 0.294 e. The van der Waals surface area contributed by atoms with Crippen LogP contribution in [0.3, 0.4) is 0 Å². The van der Waals surface area contributed by atoms with E-state index in [2.05, 4.69) is 37.2 Å². The monoisotopic (exact) mass is 554 g/mol. The van der Waals surface area contributed by atoms with E-state index >= 15 is 0 Å². The molecule has 0 spiro atoms. The Bertz CT molecular complexity index is 1040. The summed E-state index contributed by atoms with van der Waals surface area (Å²) in [5, 5.41) is 12.3. The van der Waals surface area contributed by atoms with Gasteiger partial charge in [-0.25, -0.2) is 0 Å². The lowest BCUT2D eigenvalue weighted by Gasteiger charge is -2.12. The lowest BCUT2D eigenvalue weighted by molar-refractivity contribution is -0.127. The quantitative estimate of drug-likeness (QED) is 0.487. The van der Waals surface area contributed by atoms with Crippen molar-refractivity contribution in [1.29, 1.82) is 0 Å². The molecule has 1 aliphatic heterocycles. The molecular weight excluding hydrogens is 540 g/mol. The molecule has 1 saturated heterocycles. The maximum absolute atomic E-state index is 12.6. The van der Waals surface area contributed by atoms with Crippen molar-refractivity contribution in [2.45, 2.75) is 6.92 Å². The van der Waals surface area contributed by atoms with E-state index in [9.17, 15) is 19.5 Å². The van der Waals surface area contributed by atoms with Crippen molar-refractivity contribution in [3.8, 4) is 11.5 Å². The van der Waals surface area contributed by atoms with Crippen molar-refractivity contribution in [3.63, 3.8) is 0 Å². The van der Waals surface area contributed by atoms with Crippen LogP contribution in [0.15, 0.2) is 50.2 Å². The summed E-state index contributed by atoms with van der Waals surface area (Å²) in [6.07, 6.45) is 1.42. The highest BCUT2D eigenvalue weighted by Crippen LogP contribution is 2.37. The molecule has 3 rings (SSSR count). The van der Waals surface area contributed by atoms with Crippen molar-refractivity contribution < 1.29 is 24.2 Å². The molecule has 0 atom stereocenters. The number of ether oxygens (including phenoxy) is 1. The molecule has 1 heterocycles. The van der Waals surface area contributed by atoms with E-state index in [4.69, 9.17) is 4.74 Å². The average molecular weight is 556 g/mol. The van der Waals surface area contributed by atoms with Crippen LogP contribution < -0.4 is 10.1 Å². The molecule has 2 aromatic carbocycles. The number of phenolic OH excluding ortho intramolecular Hbond substituents is 1. The number of hydrogen-bond acceptors (Lipinski definition) is 6. The Morgan fingerprint density at radius 1 is 1.23 bits per heavy atom. The van der Waals surface area contributed by atoms with Gasteiger partial charge in [-0.15, -0.1) is 0 Å². The van der Waals surface area contributed by atoms with Gasteiger partial charge < -0.3 is 15.2 Å². The Kier molecular flexibility index (Phi) is 7.22. The van der Waals surface area contributed by atoms with Crippen LogP contribution in [0.1, 0.15) is 12.5 Å². The van der Waals surface area contributed by atoms with Crippen LogP contribution in [-0.2, 0) is 9.59 Å². The number of carbonyl (C=O) groups is 3. The molecule has 1 aliphatic rings. The van der Waals surface area contributed by atoms with Crippen LogP contribution in [0.25, 0.3) is 6.08 Å². The van der Waals surface area contributed by atoms with Gasteiger partial charge in [-0.1, -0.05) is 15.9 Å². The number of anilines is 1. The van der Waals surface area contributed by atoms with Gasteiger partial charge in [-0.05, 0) is 77.1 Å². The molecule has 3 amide bonds. The molecule has 0 bridgehead atoms. The van der Waals surface area contributed by atoms with Gasteiger partial charge in [-0.2, -0.15) is 0 Å². The summed E-state index contributed by atoms with van der Waals surface area (Å²) in [5.74, 6) is -0.481. The molecule has 10 heteroatoms. The third kappa shape index (κ3) is 5.24. The van der Waals surface area contributed by atoms with Crippen LogP contribution in [0.5, 0.6) is 11.5 Å². The fourth-order valence-electron chi connectivity index (χ4n) is 2.62.